The van der Waals surface area contributed by atoms with Crippen LogP contribution in [0.3, 0.4) is 0 Å². The Hall–Kier alpha value is -6.52. The summed E-state index contributed by atoms with van der Waals surface area (Å²) in [5.74, 6) is 0.712. The summed E-state index contributed by atoms with van der Waals surface area (Å²) in [6.45, 7) is 0. The molecular formula is C44H25N3O. The molecule has 1 aliphatic rings. The SMILES string of the molecule is c1ccc(-n2c3ccccc3c3c(-c4ccc5oc6ccc(-c7ncc8c(n7)-c7cccc9cccc-8c79)cc6c5c4)cccc32)cc1. The van der Waals surface area contributed by atoms with Crippen LogP contribution in [-0.2, 0) is 0 Å². The van der Waals surface area contributed by atoms with Gasteiger partial charge >= 0.3 is 0 Å². The summed E-state index contributed by atoms with van der Waals surface area (Å²) in [6.07, 6.45) is 1.98. The Labute approximate surface area is 275 Å². The minimum atomic E-state index is 0.712. The van der Waals surface area contributed by atoms with E-state index < -0.39 is 0 Å². The lowest BCUT2D eigenvalue weighted by Crippen LogP contribution is -1.92. The van der Waals surface area contributed by atoms with Crippen LogP contribution in [0.2, 0.25) is 0 Å². The van der Waals surface area contributed by atoms with E-state index in [4.69, 9.17) is 14.4 Å². The van der Waals surface area contributed by atoms with E-state index in [-0.39, 0.29) is 0 Å². The third-order valence-corrected chi connectivity index (χ3v) is 9.99. The van der Waals surface area contributed by atoms with Crippen LogP contribution in [0.1, 0.15) is 0 Å². The van der Waals surface area contributed by atoms with E-state index in [9.17, 15) is 0 Å². The highest BCUT2D eigenvalue weighted by Crippen LogP contribution is 2.46. The summed E-state index contributed by atoms with van der Waals surface area (Å²) in [4.78, 5) is 10.0. The van der Waals surface area contributed by atoms with Crippen molar-refractivity contribution in [1.82, 2.24) is 14.5 Å². The molecule has 0 N–H and O–H groups in total. The Morgan fingerprint density at radius 2 is 1.17 bits per heavy atom. The largest absolute Gasteiger partial charge is 0.456 e. The number of para-hydroxylation sites is 2. The van der Waals surface area contributed by atoms with Crippen molar-refractivity contribution in [3.8, 4) is 50.6 Å². The zero-order valence-electron chi connectivity index (χ0n) is 25.7. The molecule has 3 heterocycles. The second-order valence-electron chi connectivity index (χ2n) is 12.6. The van der Waals surface area contributed by atoms with Gasteiger partial charge in [0.15, 0.2) is 5.82 Å². The molecule has 0 fully saturated rings. The highest BCUT2D eigenvalue weighted by molar-refractivity contribution is 6.17. The molecule has 48 heavy (non-hydrogen) atoms. The summed E-state index contributed by atoms with van der Waals surface area (Å²) in [5.41, 5.74) is 13.0. The molecule has 0 radical (unpaired) electrons. The molecule has 0 atom stereocenters. The zero-order valence-corrected chi connectivity index (χ0v) is 25.7. The molecule has 0 aliphatic heterocycles. The van der Waals surface area contributed by atoms with Crippen molar-refractivity contribution in [2.75, 3.05) is 0 Å². The Morgan fingerprint density at radius 3 is 2.02 bits per heavy atom. The molecule has 4 heteroatoms. The van der Waals surface area contributed by atoms with Gasteiger partial charge in [0, 0.05) is 50.1 Å². The van der Waals surface area contributed by atoms with E-state index >= 15 is 0 Å². The maximum absolute atomic E-state index is 6.36. The van der Waals surface area contributed by atoms with E-state index in [1.54, 1.807) is 0 Å². The molecular weight excluding hydrogens is 587 g/mol. The van der Waals surface area contributed by atoms with Crippen LogP contribution in [0.15, 0.2) is 156 Å². The number of fused-ring (bicyclic) bond motifs is 9. The van der Waals surface area contributed by atoms with E-state index in [1.165, 1.54) is 49.3 Å². The van der Waals surface area contributed by atoms with Crippen molar-refractivity contribution in [3.05, 3.63) is 152 Å². The molecule has 0 saturated carbocycles. The van der Waals surface area contributed by atoms with Crippen LogP contribution in [0.4, 0.5) is 0 Å². The van der Waals surface area contributed by atoms with Crippen LogP contribution in [-0.4, -0.2) is 14.5 Å². The fourth-order valence-corrected chi connectivity index (χ4v) is 7.89. The number of rotatable bonds is 3. The van der Waals surface area contributed by atoms with E-state index in [0.29, 0.717) is 5.82 Å². The van der Waals surface area contributed by atoms with Gasteiger partial charge in [-0.3, -0.25) is 0 Å². The second kappa shape index (κ2) is 9.50. The fraction of sp³-hybridized carbons (Fsp3) is 0. The van der Waals surface area contributed by atoms with Crippen molar-refractivity contribution in [1.29, 1.82) is 0 Å². The number of furan rings is 1. The summed E-state index contributed by atoms with van der Waals surface area (Å²) >= 11 is 0. The van der Waals surface area contributed by atoms with Crippen LogP contribution in [0.5, 0.6) is 0 Å². The highest BCUT2D eigenvalue weighted by Gasteiger charge is 2.24. The maximum Gasteiger partial charge on any atom is 0.159 e. The molecule has 11 rings (SSSR count). The van der Waals surface area contributed by atoms with Crippen LogP contribution in [0, 0.1) is 0 Å². The van der Waals surface area contributed by atoms with Gasteiger partial charge in [-0.25, -0.2) is 9.97 Å². The van der Waals surface area contributed by atoms with E-state index in [2.05, 4.69) is 144 Å². The average Bonchev–Trinajstić information content (AvgIpc) is 3.80. The predicted octanol–water partition coefficient (Wildman–Crippen LogP) is 11.6. The minimum Gasteiger partial charge on any atom is -0.456 e. The second-order valence-corrected chi connectivity index (χ2v) is 12.6. The van der Waals surface area contributed by atoms with Crippen LogP contribution in [0.25, 0.3) is 105 Å². The lowest BCUT2D eigenvalue weighted by molar-refractivity contribution is 0.669. The smallest absolute Gasteiger partial charge is 0.159 e. The highest BCUT2D eigenvalue weighted by atomic mass is 16.3. The van der Waals surface area contributed by atoms with E-state index in [1.807, 2.05) is 12.3 Å². The molecule has 0 amide bonds. The Balaban J connectivity index is 1.08. The molecule has 0 saturated heterocycles. The standard InChI is InChI=1S/C44H25N3O/c1-2-11-29(12-3-1)47-37-17-5-4-13-32(37)42-30(14-8-18-38(42)47)27-19-21-39-34(23-27)35-24-28(20-22-40(35)48-39)44-45-25-36-31-15-6-9-26-10-7-16-33(41(26)31)43(36)46-44/h1-25H. The lowest BCUT2D eigenvalue weighted by Gasteiger charge is -2.09. The maximum atomic E-state index is 6.36. The minimum absolute atomic E-state index is 0.712. The summed E-state index contributed by atoms with van der Waals surface area (Å²) in [6, 6.07) is 51.6. The zero-order chi connectivity index (χ0) is 31.3. The molecule has 0 bridgehead atoms. The molecule has 4 nitrogen and oxygen atoms in total. The van der Waals surface area contributed by atoms with Crippen LogP contribution >= 0.6 is 0 Å². The summed E-state index contributed by atoms with van der Waals surface area (Å²) < 4.78 is 8.73. The molecule has 0 unspecified atom stereocenters. The fourth-order valence-electron chi connectivity index (χ4n) is 7.89. The van der Waals surface area contributed by atoms with Crippen molar-refractivity contribution >= 4 is 54.5 Å². The third kappa shape index (κ3) is 3.49. The molecule has 0 spiro atoms. The third-order valence-electron chi connectivity index (χ3n) is 9.99. The molecule has 7 aromatic carbocycles. The first-order chi connectivity index (χ1) is 23.8. The van der Waals surface area contributed by atoms with Crippen molar-refractivity contribution in [2.24, 2.45) is 0 Å². The summed E-state index contributed by atoms with van der Waals surface area (Å²) in [7, 11) is 0. The predicted molar refractivity (Wildman–Crippen MR) is 196 cm³/mol. The van der Waals surface area contributed by atoms with Gasteiger partial charge in [-0.2, -0.15) is 0 Å². The summed E-state index contributed by atoms with van der Waals surface area (Å²) in [5, 5.41) is 7.09. The van der Waals surface area contributed by atoms with E-state index in [0.717, 1.165) is 50.0 Å². The average molecular weight is 612 g/mol. The number of hydrogen-bond acceptors (Lipinski definition) is 3. The molecule has 3 aromatic heterocycles. The first-order valence-electron chi connectivity index (χ1n) is 16.2. The topological polar surface area (TPSA) is 43.9 Å². The van der Waals surface area contributed by atoms with Gasteiger partial charge in [0.2, 0.25) is 0 Å². The monoisotopic (exact) mass is 611 g/mol. The van der Waals surface area contributed by atoms with Gasteiger partial charge in [0.1, 0.15) is 11.2 Å². The van der Waals surface area contributed by atoms with Gasteiger partial charge in [-0.05, 0) is 82.1 Å². The lowest BCUT2D eigenvalue weighted by atomic mass is 9.97. The van der Waals surface area contributed by atoms with Crippen molar-refractivity contribution in [3.63, 3.8) is 0 Å². The number of benzene rings is 7. The Morgan fingerprint density at radius 1 is 0.479 bits per heavy atom. The normalized spacial score (nSPS) is 12.2. The number of nitrogens with zero attached hydrogens (tertiary/aromatic N) is 3. The molecule has 222 valence electrons. The molecule has 10 aromatic rings. The Bertz CT molecular complexity index is 2950. The van der Waals surface area contributed by atoms with Gasteiger partial charge < -0.3 is 8.98 Å². The first-order valence-corrected chi connectivity index (χ1v) is 16.2. The quantitative estimate of drug-likeness (QED) is 0.200. The Kier molecular flexibility index (Phi) is 5.08. The van der Waals surface area contributed by atoms with Gasteiger partial charge in [0.25, 0.3) is 0 Å². The van der Waals surface area contributed by atoms with Crippen molar-refractivity contribution < 1.29 is 4.42 Å². The van der Waals surface area contributed by atoms with Gasteiger partial charge in [-0.15, -0.1) is 0 Å². The first kappa shape index (κ1) is 25.6. The van der Waals surface area contributed by atoms with Gasteiger partial charge in [0.05, 0.1) is 16.7 Å². The van der Waals surface area contributed by atoms with Crippen LogP contribution < -0.4 is 0 Å². The number of hydrogen-bond donors (Lipinski definition) is 0. The van der Waals surface area contributed by atoms with Gasteiger partial charge in [-0.1, -0.05) is 91.0 Å². The number of aromatic nitrogens is 3. The van der Waals surface area contributed by atoms with Crippen molar-refractivity contribution in [2.45, 2.75) is 0 Å². The molecule has 1 aliphatic carbocycles.